The fourth-order valence-corrected chi connectivity index (χ4v) is 4.47. The first-order valence-electron chi connectivity index (χ1n) is 10.2. The molecule has 0 unspecified atom stereocenters. The van der Waals surface area contributed by atoms with E-state index in [0.717, 1.165) is 28.7 Å². The molecule has 31 heavy (non-hydrogen) atoms. The molecule has 0 aromatic heterocycles. The Balaban J connectivity index is 1.66. The van der Waals surface area contributed by atoms with Crippen LogP contribution in [0.1, 0.15) is 25.0 Å². The minimum absolute atomic E-state index is 0.0216. The van der Waals surface area contributed by atoms with Gasteiger partial charge in [-0.3, -0.25) is 9.69 Å². The molecular formula is C24H28BrFN2O3. The average molecular weight is 491 g/mol. The van der Waals surface area contributed by atoms with Gasteiger partial charge < -0.3 is 14.4 Å². The number of benzene rings is 2. The van der Waals surface area contributed by atoms with Crippen molar-refractivity contribution in [3.05, 3.63) is 63.9 Å². The number of hydrogen-bond acceptors (Lipinski definition) is 4. The highest BCUT2D eigenvalue weighted by Gasteiger charge is 2.31. The lowest BCUT2D eigenvalue weighted by Crippen LogP contribution is -2.57. The molecule has 1 aliphatic heterocycles. The molecule has 3 rings (SSSR count). The number of carbonyl (C=O) groups is 1. The fourth-order valence-electron chi connectivity index (χ4n) is 3.85. The number of halogens is 2. The Morgan fingerprint density at radius 1 is 1.13 bits per heavy atom. The molecule has 1 fully saturated rings. The van der Waals surface area contributed by atoms with Gasteiger partial charge in [0.1, 0.15) is 5.82 Å². The van der Waals surface area contributed by atoms with Gasteiger partial charge in [-0.25, -0.2) is 4.39 Å². The van der Waals surface area contributed by atoms with Crippen LogP contribution in [0.4, 0.5) is 4.39 Å². The minimum atomic E-state index is -0.228. The third-order valence-corrected chi connectivity index (χ3v) is 6.16. The molecule has 0 spiro atoms. The molecule has 1 aliphatic rings. The lowest BCUT2D eigenvalue weighted by Gasteiger charge is -2.44. The van der Waals surface area contributed by atoms with Gasteiger partial charge in [0.2, 0.25) is 5.91 Å². The van der Waals surface area contributed by atoms with Gasteiger partial charge in [-0.15, -0.1) is 0 Å². The molecule has 1 heterocycles. The smallest absolute Gasteiger partial charge is 0.246 e. The van der Waals surface area contributed by atoms with Crippen molar-refractivity contribution in [3.63, 3.8) is 0 Å². The molecule has 0 saturated carbocycles. The van der Waals surface area contributed by atoms with E-state index in [0.29, 0.717) is 18.0 Å². The summed E-state index contributed by atoms with van der Waals surface area (Å²) < 4.78 is 24.6. The van der Waals surface area contributed by atoms with Gasteiger partial charge in [0.25, 0.3) is 0 Å². The summed E-state index contributed by atoms with van der Waals surface area (Å²) in [4.78, 5) is 17.1. The summed E-state index contributed by atoms with van der Waals surface area (Å²) in [6.45, 7) is 6.32. The fraction of sp³-hybridized carbons (Fsp3) is 0.375. The summed E-state index contributed by atoms with van der Waals surface area (Å²) >= 11 is 3.48. The third-order valence-electron chi connectivity index (χ3n) is 5.57. The lowest BCUT2D eigenvalue weighted by atomic mass is 10.1. The van der Waals surface area contributed by atoms with Crippen LogP contribution in [0.3, 0.4) is 0 Å². The van der Waals surface area contributed by atoms with Gasteiger partial charge in [0.15, 0.2) is 11.5 Å². The molecule has 2 atom stereocenters. The van der Waals surface area contributed by atoms with Crippen molar-refractivity contribution >= 4 is 27.9 Å². The zero-order valence-corrected chi connectivity index (χ0v) is 19.9. The highest BCUT2D eigenvalue weighted by Crippen LogP contribution is 2.36. The molecule has 0 bridgehead atoms. The standard InChI is InChI=1S/C24H28BrFN2O3/c1-16-14-28(17(2)13-27(16)15-18-5-8-20(26)9-6-18)23(29)10-7-19-11-21(25)24(31-4)22(12-19)30-3/h5-12,16-17H,13-15H2,1-4H3/b10-7+/t16-,17+/m1/s1. The highest BCUT2D eigenvalue weighted by atomic mass is 79.9. The normalized spacial score (nSPS) is 19.6. The first-order valence-corrected chi connectivity index (χ1v) is 11.0. The number of piperazine rings is 1. The SMILES string of the molecule is COc1cc(/C=C/C(=O)N2C[C@@H](C)N(Cc3ccc(F)cc3)C[C@@H]2C)cc(Br)c1OC. The van der Waals surface area contributed by atoms with Crippen LogP contribution >= 0.6 is 15.9 Å². The van der Waals surface area contributed by atoms with Crippen molar-refractivity contribution in [2.24, 2.45) is 0 Å². The van der Waals surface area contributed by atoms with Gasteiger partial charge in [0, 0.05) is 37.8 Å². The van der Waals surface area contributed by atoms with E-state index in [1.165, 1.54) is 12.1 Å². The first-order chi connectivity index (χ1) is 14.8. The van der Waals surface area contributed by atoms with Gasteiger partial charge >= 0.3 is 0 Å². The maximum Gasteiger partial charge on any atom is 0.246 e. The summed E-state index contributed by atoms with van der Waals surface area (Å²) in [6, 6.07) is 10.6. The number of hydrogen-bond donors (Lipinski definition) is 0. The van der Waals surface area contributed by atoms with E-state index in [1.807, 2.05) is 29.2 Å². The molecule has 2 aromatic rings. The molecule has 5 nitrogen and oxygen atoms in total. The zero-order chi connectivity index (χ0) is 22.5. The number of rotatable bonds is 6. The van der Waals surface area contributed by atoms with Crippen molar-refractivity contribution in [2.45, 2.75) is 32.5 Å². The van der Waals surface area contributed by atoms with Crippen LogP contribution in [-0.4, -0.2) is 55.1 Å². The molecule has 1 amide bonds. The van der Waals surface area contributed by atoms with E-state index >= 15 is 0 Å². The highest BCUT2D eigenvalue weighted by molar-refractivity contribution is 9.10. The van der Waals surface area contributed by atoms with Crippen molar-refractivity contribution in [1.82, 2.24) is 9.80 Å². The predicted octanol–water partition coefficient (Wildman–Crippen LogP) is 4.74. The second kappa shape index (κ2) is 10.3. The number of carbonyl (C=O) groups excluding carboxylic acids is 1. The second-order valence-electron chi connectivity index (χ2n) is 7.82. The van der Waals surface area contributed by atoms with Crippen LogP contribution in [0.25, 0.3) is 6.08 Å². The third kappa shape index (κ3) is 5.66. The molecule has 7 heteroatoms. The maximum atomic E-state index is 13.2. The first kappa shape index (κ1) is 23.3. The van der Waals surface area contributed by atoms with E-state index < -0.39 is 0 Å². The van der Waals surface area contributed by atoms with Crippen LogP contribution in [0.15, 0.2) is 46.9 Å². The van der Waals surface area contributed by atoms with Crippen LogP contribution in [0.2, 0.25) is 0 Å². The van der Waals surface area contributed by atoms with Crippen molar-refractivity contribution in [1.29, 1.82) is 0 Å². The quantitative estimate of drug-likeness (QED) is 0.548. The Kier molecular flexibility index (Phi) is 7.73. The Bertz CT molecular complexity index is 949. The summed E-state index contributed by atoms with van der Waals surface area (Å²) in [5, 5.41) is 0. The molecule has 0 radical (unpaired) electrons. The summed E-state index contributed by atoms with van der Waals surface area (Å²) in [7, 11) is 3.16. The number of methoxy groups -OCH3 is 2. The van der Waals surface area contributed by atoms with E-state index in [2.05, 4.69) is 34.7 Å². The van der Waals surface area contributed by atoms with Gasteiger partial charge in [-0.05, 0) is 71.2 Å². The van der Waals surface area contributed by atoms with Gasteiger partial charge in [-0.1, -0.05) is 12.1 Å². The molecule has 166 valence electrons. The summed E-state index contributed by atoms with van der Waals surface area (Å²) in [5.74, 6) is 0.964. The Hall–Kier alpha value is -2.38. The number of amides is 1. The lowest BCUT2D eigenvalue weighted by molar-refractivity contribution is -0.131. The molecule has 1 saturated heterocycles. The molecule has 0 aliphatic carbocycles. The minimum Gasteiger partial charge on any atom is -0.493 e. The topological polar surface area (TPSA) is 42.0 Å². The predicted molar refractivity (Wildman–Crippen MR) is 124 cm³/mol. The van der Waals surface area contributed by atoms with Gasteiger partial charge in [-0.2, -0.15) is 0 Å². The van der Waals surface area contributed by atoms with E-state index in [9.17, 15) is 9.18 Å². The molecular weight excluding hydrogens is 463 g/mol. The number of nitrogens with zero attached hydrogens (tertiary/aromatic N) is 2. The van der Waals surface area contributed by atoms with Crippen molar-refractivity contribution < 1.29 is 18.7 Å². The van der Waals surface area contributed by atoms with Crippen molar-refractivity contribution in [2.75, 3.05) is 27.3 Å². The Labute approximate surface area is 191 Å². The van der Waals surface area contributed by atoms with Crippen LogP contribution in [0, 0.1) is 5.82 Å². The van der Waals surface area contributed by atoms with Crippen LogP contribution in [0.5, 0.6) is 11.5 Å². The second-order valence-corrected chi connectivity index (χ2v) is 8.67. The van der Waals surface area contributed by atoms with Crippen LogP contribution < -0.4 is 9.47 Å². The van der Waals surface area contributed by atoms with E-state index in [-0.39, 0.29) is 23.8 Å². The van der Waals surface area contributed by atoms with Crippen molar-refractivity contribution in [3.8, 4) is 11.5 Å². The van der Waals surface area contributed by atoms with Gasteiger partial charge in [0.05, 0.1) is 18.7 Å². The molecule has 0 N–H and O–H groups in total. The monoisotopic (exact) mass is 490 g/mol. The number of ether oxygens (including phenoxy) is 2. The van der Waals surface area contributed by atoms with E-state index in [4.69, 9.17) is 9.47 Å². The van der Waals surface area contributed by atoms with Crippen LogP contribution in [-0.2, 0) is 11.3 Å². The largest absolute Gasteiger partial charge is 0.493 e. The Morgan fingerprint density at radius 2 is 1.84 bits per heavy atom. The average Bonchev–Trinajstić information content (AvgIpc) is 2.75. The maximum absolute atomic E-state index is 13.2. The Morgan fingerprint density at radius 3 is 2.48 bits per heavy atom. The summed E-state index contributed by atoms with van der Waals surface area (Å²) in [5.41, 5.74) is 1.91. The summed E-state index contributed by atoms with van der Waals surface area (Å²) in [6.07, 6.45) is 3.39. The molecule has 2 aromatic carbocycles. The zero-order valence-electron chi connectivity index (χ0n) is 18.3. The van der Waals surface area contributed by atoms with E-state index in [1.54, 1.807) is 26.4 Å².